The van der Waals surface area contributed by atoms with Gasteiger partial charge in [0.15, 0.2) is 35.0 Å². The van der Waals surface area contributed by atoms with E-state index in [2.05, 4.69) is 40.1 Å². The Morgan fingerprint density at radius 2 is 2.06 bits per heavy atom. The third kappa shape index (κ3) is 8.44. The van der Waals surface area contributed by atoms with E-state index in [0.29, 0.717) is 17.0 Å². The zero-order chi connectivity index (χ0) is 37.2. The van der Waals surface area contributed by atoms with Gasteiger partial charge in [-0.3, -0.25) is 29.0 Å². The van der Waals surface area contributed by atoms with Gasteiger partial charge in [-0.25, -0.2) is 30.9 Å². The van der Waals surface area contributed by atoms with Crippen LogP contribution in [0.15, 0.2) is 17.3 Å². The molecule has 0 aromatic carbocycles. The highest BCUT2D eigenvalue weighted by molar-refractivity contribution is 8.07. The molecule has 280 valence electrons. The molecule has 6 rings (SSSR count). The molecule has 25 heteroatoms. The molecule has 0 spiro atoms. The van der Waals surface area contributed by atoms with Gasteiger partial charge in [-0.1, -0.05) is 13.8 Å². The lowest BCUT2D eigenvalue weighted by Gasteiger charge is -2.25. The molecule has 6 atom stereocenters. The minimum atomic E-state index is -4.28. The van der Waals surface area contributed by atoms with Crippen LogP contribution in [0.1, 0.15) is 31.7 Å². The minimum Gasteiger partial charge on any atom is -0.377 e. The maximum absolute atomic E-state index is 16.4. The summed E-state index contributed by atoms with van der Waals surface area (Å²) >= 11 is 11.0. The topological polar surface area (TPSA) is 225 Å². The van der Waals surface area contributed by atoms with E-state index in [1.54, 1.807) is 18.4 Å². The Morgan fingerprint density at radius 1 is 1.25 bits per heavy atom. The van der Waals surface area contributed by atoms with Gasteiger partial charge in [0.05, 0.1) is 25.7 Å². The molecule has 52 heavy (non-hydrogen) atoms. The number of anilines is 1. The van der Waals surface area contributed by atoms with E-state index in [-0.39, 0.29) is 55.8 Å². The van der Waals surface area contributed by atoms with Crippen molar-refractivity contribution in [2.75, 3.05) is 38.8 Å². The lowest BCUT2D eigenvalue weighted by Crippen LogP contribution is -2.32. The van der Waals surface area contributed by atoms with Crippen LogP contribution in [0.2, 0.25) is 0 Å². The number of hydrogen-bond acceptors (Lipinski definition) is 16. The molecule has 0 saturated carbocycles. The van der Waals surface area contributed by atoms with Gasteiger partial charge in [0.2, 0.25) is 18.4 Å². The van der Waals surface area contributed by atoms with Crippen LogP contribution >= 0.6 is 13.4 Å². The van der Waals surface area contributed by atoms with Crippen molar-refractivity contribution in [3.8, 4) is 0 Å². The number of ether oxygens (including phenoxy) is 2. The quantitative estimate of drug-likeness (QED) is 0.132. The van der Waals surface area contributed by atoms with E-state index >= 15 is 4.39 Å². The van der Waals surface area contributed by atoms with Crippen LogP contribution in [-0.4, -0.2) is 102 Å². The Labute approximate surface area is 304 Å². The number of carbonyl (C=O) groups excluding carboxylic acids is 1. The highest BCUT2D eigenvalue weighted by Gasteiger charge is 2.50. The van der Waals surface area contributed by atoms with Crippen LogP contribution in [0.3, 0.4) is 0 Å². The molecule has 2 bridgehead atoms. The molecule has 2 unspecified atom stereocenters. The van der Waals surface area contributed by atoms with Crippen molar-refractivity contribution in [1.82, 2.24) is 39.0 Å². The Balaban J connectivity index is 1.38. The third-order valence-electron chi connectivity index (χ3n) is 7.65. The smallest absolute Gasteiger partial charge is 0.327 e. The van der Waals surface area contributed by atoms with Crippen LogP contribution < -0.4 is 10.9 Å². The fourth-order valence-electron chi connectivity index (χ4n) is 5.19. The number of halogens is 1. The third-order valence-corrected chi connectivity index (χ3v) is 11.6. The van der Waals surface area contributed by atoms with E-state index in [1.807, 2.05) is 0 Å². The summed E-state index contributed by atoms with van der Waals surface area (Å²) < 4.78 is 59.6. The van der Waals surface area contributed by atoms with Gasteiger partial charge in [0.1, 0.15) is 43.4 Å². The van der Waals surface area contributed by atoms with E-state index in [0.717, 1.165) is 0 Å². The van der Waals surface area contributed by atoms with Crippen LogP contribution in [0.5, 0.6) is 0 Å². The van der Waals surface area contributed by atoms with E-state index in [9.17, 15) is 14.5 Å². The Morgan fingerprint density at radius 3 is 2.81 bits per heavy atom. The normalized spacial score (nSPS) is 27.2. The molecule has 4 aromatic heterocycles. The summed E-state index contributed by atoms with van der Waals surface area (Å²) in [4.78, 5) is 64.0. The number of aromatic nitrogens is 8. The maximum Gasteiger partial charge on any atom is 0.327 e. The zero-order valence-electron chi connectivity index (χ0n) is 27.8. The van der Waals surface area contributed by atoms with Crippen LogP contribution in [0.25, 0.3) is 27.2 Å². The molecule has 4 aromatic rings. The van der Waals surface area contributed by atoms with Crippen molar-refractivity contribution in [2.24, 2.45) is 5.92 Å². The number of carbonyl (C=O) groups is 1. The second-order valence-corrected chi connectivity index (χ2v) is 17.4. The average Bonchev–Trinajstić information content (AvgIpc) is 3.76. The number of fused-ring (bicyclic) bond motifs is 6. The van der Waals surface area contributed by atoms with E-state index in [4.69, 9.17) is 62.3 Å². The number of methoxy groups -OCH3 is 1. The van der Waals surface area contributed by atoms with Crippen molar-refractivity contribution in [2.45, 2.75) is 58.2 Å². The summed E-state index contributed by atoms with van der Waals surface area (Å²) in [7, 11) is 1.50. The molecule has 2 aliphatic rings. The zero-order valence-corrected chi connectivity index (χ0v) is 31.2. The fraction of sp³-hybridized carbons (Fsp3) is 0.556. The fourth-order valence-corrected chi connectivity index (χ4v) is 8.30. The summed E-state index contributed by atoms with van der Waals surface area (Å²) in [6.45, 7) is 1.53. The number of imidazole rings is 2. The van der Waals surface area contributed by atoms with Gasteiger partial charge in [0, 0.05) is 19.6 Å². The Hall–Kier alpha value is -3.23. The number of aromatic amines is 1. The summed E-state index contributed by atoms with van der Waals surface area (Å²) in [5.74, 6) is -0.439. The standard InChI is InChI=1S/C27H33FN10O10P2S2/c1-14(2)24(39)35-27-34-23-20(25(40)36-27)31-13-38(23)26-21-19(28)16(47-26)10-46-50(52,43-7-5-29-3)44-8-6-37-18(12-45-49(41,51)48-21)32-15-9-30-17(11-42-4)33-22(15)37/h9,13-14,16,19,21,26H,5-8,10-12H2,1-2,4H3,(H,41,51)(H2,34,35,36,39,40)/t16-,19-,21-,26-,49?,50?/m1/s1. The number of nitrogens with zero attached hydrogens (tertiary/aromatic N) is 8. The molecule has 0 aliphatic carbocycles. The molecule has 20 nitrogen and oxygen atoms in total. The Kier molecular flexibility index (Phi) is 11.9. The van der Waals surface area contributed by atoms with Gasteiger partial charge < -0.3 is 41.9 Å². The van der Waals surface area contributed by atoms with Gasteiger partial charge in [-0.15, -0.1) is 0 Å². The van der Waals surface area contributed by atoms with Gasteiger partial charge in [0.25, 0.3) is 5.56 Å². The summed E-state index contributed by atoms with van der Waals surface area (Å²) in [6.07, 6.45) is -3.93. The second-order valence-electron chi connectivity index (χ2n) is 11.6. The number of amides is 1. The molecule has 1 amide bonds. The molecule has 1 saturated heterocycles. The lowest BCUT2D eigenvalue weighted by molar-refractivity contribution is -0.118. The van der Waals surface area contributed by atoms with Crippen molar-refractivity contribution in [1.29, 1.82) is 0 Å². The number of alkyl halides is 1. The number of nitrogens with one attached hydrogen (secondary N) is 2. The highest BCUT2D eigenvalue weighted by Crippen LogP contribution is 2.53. The first-order valence-electron chi connectivity index (χ1n) is 15.6. The van der Waals surface area contributed by atoms with E-state index < -0.39 is 68.6 Å². The molecule has 3 N–H and O–H groups in total. The molecular weight excluding hydrogens is 769 g/mol. The predicted molar refractivity (Wildman–Crippen MR) is 186 cm³/mol. The summed E-state index contributed by atoms with van der Waals surface area (Å²) in [5.41, 5.74) is -0.190. The predicted octanol–water partition coefficient (Wildman–Crippen LogP) is 2.26. The van der Waals surface area contributed by atoms with Crippen molar-refractivity contribution in [3.05, 3.63) is 45.9 Å². The largest absolute Gasteiger partial charge is 0.377 e. The monoisotopic (exact) mass is 802 g/mol. The van der Waals surface area contributed by atoms with Crippen molar-refractivity contribution < 1.29 is 46.2 Å². The van der Waals surface area contributed by atoms with Gasteiger partial charge >= 0.3 is 13.4 Å². The first-order chi connectivity index (χ1) is 24.8. The minimum absolute atomic E-state index is 0.0395. The molecule has 0 radical (unpaired) electrons. The number of hydrogen-bond donors (Lipinski definition) is 3. The molecule has 1 fully saturated rings. The van der Waals surface area contributed by atoms with E-state index in [1.165, 1.54) is 24.2 Å². The lowest BCUT2D eigenvalue weighted by atomic mass is 10.1. The van der Waals surface area contributed by atoms with Gasteiger partial charge in [-0.05, 0) is 23.6 Å². The summed E-state index contributed by atoms with van der Waals surface area (Å²) in [5, 5.41) is 2.51. The van der Waals surface area contributed by atoms with Crippen LogP contribution in [-0.2, 0) is 80.3 Å². The SMILES string of the molecule is [C-]#[N+]CCOP1(=S)OCCn2c(nc3cnc(COC)nc32)COP(O)(=S)O[C@@H]2[C@H](F)[C@@H](CO1)O[C@H]2n1cnc2c(=O)[nH]c(NC(=O)C(C)C)nc21. The van der Waals surface area contributed by atoms with Crippen molar-refractivity contribution >= 4 is 71.2 Å². The molecule has 2 aliphatic heterocycles. The first-order valence-corrected chi connectivity index (χ1v) is 20.8. The summed E-state index contributed by atoms with van der Waals surface area (Å²) in [6, 6.07) is 0. The van der Waals surface area contributed by atoms with Gasteiger partial charge in [-0.2, -0.15) is 4.98 Å². The second kappa shape index (κ2) is 16.0. The first kappa shape index (κ1) is 38.5. The van der Waals surface area contributed by atoms with Crippen molar-refractivity contribution in [3.63, 3.8) is 0 Å². The average molecular weight is 803 g/mol. The maximum atomic E-state index is 16.4. The highest BCUT2D eigenvalue weighted by atomic mass is 32.5. The molecular formula is C27H33FN10O10P2S2. The number of rotatable bonds is 8. The Bertz CT molecular complexity index is 2160. The van der Waals surface area contributed by atoms with Crippen LogP contribution in [0, 0.1) is 12.5 Å². The molecule has 6 heterocycles. The number of H-pyrrole nitrogens is 1. The van der Waals surface area contributed by atoms with Crippen LogP contribution in [0.4, 0.5) is 10.3 Å².